The highest BCUT2D eigenvalue weighted by Crippen LogP contribution is 2.37. The summed E-state index contributed by atoms with van der Waals surface area (Å²) in [6, 6.07) is 7.62. The average molecular weight is 318 g/mol. The van der Waals surface area contributed by atoms with Gasteiger partial charge in [-0.25, -0.2) is 0 Å². The maximum atomic E-state index is 12.5. The lowest BCUT2D eigenvalue weighted by Crippen LogP contribution is -2.43. The highest BCUT2D eigenvalue weighted by Gasteiger charge is 2.40. The fraction of sp³-hybridized carbons (Fsp3) is 0.526. The molecule has 0 bridgehead atoms. The molecule has 0 aliphatic carbocycles. The summed E-state index contributed by atoms with van der Waals surface area (Å²) in [5, 5.41) is 0. The number of ketones is 1. The van der Waals surface area contributed by atoms with Crippen LogP contribution in [0.4, 0.5) is 0 Å². The molecule has 2 atom stereocenters. The molecule has 1 heterocycles. The smallest absolute Gasteiger partial charge is 0.184 e. The van der Waals surface area contributed by atoms with Gasteiger partial charge in [-0.05, 0) is 25.0 Å². The minimum absolute atomic E-state index is 0.152. The van der Waals surface area contributed by atoms with Crippen molar-refractivity contribution in [3.05, 3.63) is 42.5 Å². The van der Waals surface area contributed by atoms with Crippen LogP contribution in [0.15, 0.2) is 36.9 Å². The van der Waals surface area contributed by atoms with Crippen LogP contribution in [0.3, 0.4) is 0 Å². The normalized spacial score (nSPS) is 21.7. The van der Waals surface area contributed by atoms with Gasteiger partial charge in [0.05, 0.1) is 19.8 Å². The van der Waals surface area contributed by atoms with Gasteiger partial charge in [0.15, 0.2) is 6.29 Å². The molecule has 4 nitrogen and oxygen atoms in total. The number of hydrogen-bond acceptors (Lipinski definition) is 4. The first-order valence-electron chi connectivity index (χ1n) is 8.04. The van der Waals surface area contributed by atoms with Gasteiger partial charge in [0.1, 0.15) is 11.5 Å². The molecule has 1 aliphatic heterocycles. The summed E-state index contributed by atoms with van der Waals surface area (Å²) in [5.41, 5.74) is 0.405. The molecule has 0 aromatic heterocycles. The van der Waals surface area contributed by atoms with Crippen LogP contribution < -0.4 is 4.74 Å². The van der Waals surface area contributed by atoms with E-state index in [1.54, 1.807) is 13.2 Å². The highest BCUT2D eigenvalue weighted by molar-refractivity contribution is 5.84. The van der Waals surface area contributed by atoms with Gasteiger partial charge in [-0.1, -0.05) is 32.1 Å². The Kier molecular flexibility index (Phi) is 5.97. The van der Waals surface area contributed by atoms with Crippen LogP contribution in [0.2, 0.25) is 0 Å². The molecule has 1 fully saturated rings. The molecule has 23 heavy (non-hydrogen) atoms. The number of carbonyl (C=O) groups excluding carboxylic acids is 1. The molecule has 0 N–H and O–H groups in total. The minimum atomic E-state index is -0.530. The summed E-state index contributed by atoms with van der Waals surface area (Å²) < 4.78 is 17.0. The number of allylic oxidation sites excluding steroid dienone is 1. The zero-order chi connectivity index (χ0) is 16.9. The van der Waals surface area contributed by atoms with Crippen LogP contribution in [0.5, 0.6) is 5.75 Å². The molecule has 1 unspecified atom stereocenters. The van der Waals surface area contributed by atoms with Crippen molar-refractivity contribution in [2.75, 3.05) is 13.7 Å². The zero-order valence-electron chi connectivity index (χ0n) is 14.2. The van der Waals surface area contributed by atoms with Gasteiger partial charge in [-0.3, -0.25) is 4.79 Å². The molecular formula is C19H26O4. The third-order valence-corrected chi connectivity index (χ3v) is 4.42. The van der Waals surface area contributed by atoms with Gasteiger partial charge < -0.3 is 14.2 Å². The quantitative estimate of drug-likeness (QED) is 0.711. The van der Waals surface area contributed by atoms with Crippen LogP contribution in [0, 0.1) is 5.41 Å². The molecule has 4 heteroatoms. The van der Waals surface area contributed by atoms with E-state index in [1.165, 1.54) is 0 Å². The van der Waals surface area contributed by atoms with E-state index in [-0.39, 0.29) is 11.9 Å². The van der Waals surface area contributed by atoms with E-state index in [4.69, 9.17) is 14.2 Å². The predicted molar refractivity (Wildman–Crippen MR) is 89.4 cm³/mol. The molecular weight excluding hydrogens is 292 g/mol. The second-order valence-corrected chi connectivity index (χ2v) is 6.36. The number of rotatable bonds is 7. The first-order valence-corrected chi connectivity index (χ1v) is 8.04. The monoisotopic (exact) mass is 318 g/mol. The fourth-order valence-electron chi connectivity index (χ4n) is 2.74. The molecule has 126 valence electrons. The lowest BCUT2D eigenvalue weighted by atomic mass is 9.78. The van der Waals surface area contributed by atoms with Crippen molar-refractivity contribution >= 4 is 5.78 Å². The van der Waals surface area contributed by atoms with E-state index in [0.717, 1.165) is 17.7 Å². The van der Waals surface area contributed by atoms with Gasteiger partial charge in [-0.15, -0.1) is 6.58 Å². The number of methoxy groups -OCH3 is 1. The van der Waals surface area contributed by atoms with E-state index < -0.39 is 11.7 Å². The zero-order valence-corrected chi connectivity index (χ0v) is 14.2. The first kappa shape index (κ1) is 17.7. The lowest BCUT2D eigenvalue weighted by molar-refractivity contribution is -0.238. The SMILES string of the molecule is C=CCCC(=O)C(C)(C)[C@@H]1CCOC(c2ccc(OC)cc2)O1. The maximum Gasteiger partial charge on any atom is 0.184 e. The van der Waals surface area contributed by atoms with Crippen molar-refractivity contribution in [2.24, 2.45) is 5.41 Å². The fourth-order valence-corrected chi connectivity index (χ4v) is 2.74. The second-order valence-electron chi connectivity index (χ2n) is 6.36. The molecule has 2 rings (SSSR count). The van der Waals surface area contributed by atoms with Crippen LogP contribution in [-0.2, 0) is 14.3 Å². The minimum Gasteiger partial charge on any atom is -0.497 e. The number of carbonyl (C=O) groups is 1. The summed E-state index contributed by atoms with van der Waals surface area (Å²) >= 11 is 0. The topological polar surface area (TPSA) is 44.8 Å². The van der Waals surface area contributed by atoms with E-state index >= 15 is 0 Å². The number of benzene rings is 1. The molecule has 1 saturated heterocycles. The predicted octanol–water partition coefficient (Wildman–Crippen LogP) is 4.06. The van der Waals surface area contributed by atoms with Crippen LogP contribution in [0.1, 0.15) is 45.0 Å². The Balaban J connectivity index is 2.06. The number of Topliss-reactive ketones (excluding diaryl/α,β-unsaturated/α-hetero) is 1. The second kappa shape index (κ2) is 7.75. The summed E-state index contributed by atoms with van der Waals surface area (Å²) in [5.74, 6) is 0.999. The van der Waals surface area contributed by atoms with E-state index in [1.807, 2.05) is 38.1 Å². The molecule has 1 aliphatic rings. The summed E-state index contributed by atoms with van der Waals surface area (Å²) in [6.07, 6.45) is 3.11. The summed E-state index contributed by atoms with van der Waals surface area (Å²) in [7, 11) is 1.63. The first-order chi connectivity index (χ1) is 11.0. The van der Waals surface area contributed by atoms with Crippen LogP contribution >= 0.6 is 0 Å². The van der Waals surface area contributed by atoms with Crippen molar-refractivity contribution < 1.29 is 19.0 Å². The number of hydrogen-bond donors (Lipinski definition) is 0. The van der Waals surface area contributed by atoms with Gasteiger partial charge in [0.2, 0.25) is 0 Å². The largest absolute Gasteiger partial charge is 0.497 e. The molecule has 0 saturated carbocycles. The standard InChI is InChI=1S/C19H26O4/c1-5-6-7-16(20)19(2,3)17-12-13-22-18(23-17)14-8-10-15(21-4)11-9-14/h5,8-11,17-18H,1,6-7,12-13H2,2-4H3/t17-,18?/m0/s1. The van der Waals surface area contributed by atoms with Gasteiger partial charge in [0.25, 0.3) is 0 Å². The van der Waals surface area contributed by atoms with Gasteiger partial charge in [0, 0.05) is 17.4 Å². The third kappa shape index (κ3) is 4.21. The van der Waals surface area contributed by atoms with Crippen molar-refractivity contribution in [3.8, 4) is 5.75 Å². The highest BCUT2D eigenvalue weighted by atomic mass is 16.7. The Morgan fingerprint density at radius 3 is 2.70 bits per heavy atom. The Hall–Kier alpha value is -1.65. The average Bonchev–Trinajstić information content (AvgIpc) is 2.59. The van der Waals surface area contributed by atoms with Gasteiger partial charge >= 0.3 is 0 Å². The summed E-state index contributed by atoms with van der Waals surface area (Å²) in [6.45, 7) is 8.18. The molecule has 0 spiro atoms. The molecule has 1 aromatic carbocycles. The van der Waals surface area contributed by atoms with Crippen molar-refractivity contribution in [3.63, 3.8) is 0 Å². The van der Waals surface area contributed by atoms with E-state index in [0.29, 0.717) is 19.4 Å². The Labute approximate surface area is 138 Å². The number of ether oxygens (including phenoxy) is 3. The van der Waals surface area contributed by atoms with E-state index in [2.05, 4.69) is 6.58 Å². The maximum absolute atomic E-state index is 12.5. The van der Waals surface area contributed by atoms with Crippen molar-refractivity contribution in [2.45, 2.75) is 45.5 Å². The molecule has 1 aromatic rings. The summed E-state index contributed by atoms with van der Waals surface area (Å²) in [4.78, 5) is 12.5. The molecule has 0 amide bonds. The Morgan fingerprint density at radius 2 is 2.09 bits per heavy atom. The van der Waals surface area contributed by atoms with Crippen LogP contribution in [0.25, 0.3) is 0 Å². The van der Waals surface area contributed by atoms with Gasteiger partial charge in [-0.2, -0.15) is 0 Å². The van der Waals surface area contributed by atoms with E-state index in [9.17, 15) is 4.79 Å². The third-order valence-electron chi connectivity index (χ3n) is 4.42. The lowest BCUT2D eigenvalue weighted by Gasteiger charge is -2.39. The van der Waals surface area contributed by atoms with Crippen molar-refractivity contribution in [1.29, 1.82) is 0 Å². The van der Waals surface area contributed by atoms with Crippen molar-refractivity contribution in [1.82, 2.24) is 0 Å². The Bertz CT molecular complexity index is 533. The Morgan fingerprint density at radius 1 is 1.39 bits per heavy atom. The molecule has 0 radical (unpaired) electrons. The van der Waals surface area contributed by atoms with Crippen LogP contribution in [-0.4, -0.2) is 25.6 Å².